The fourth-order valence-corrected chi connectivity index (χ4v) is 5.30. The minimum atomic E-state index is -6.29. The average molecular weight is 540 g/mol. The second-order valence-corrected chi connectivity index (χ2v) is 9.64. The molecule has 1 aliphatic carbocycles. The molecule has 186 valence electrons. The lowest BCUT2D eigenvalue weighted by molar-refractivity contribution is -0.292. The predicted molar refractivity (Wildman–Crippen MR) is 110 cm³/mol. The number of nitrogens with one attached hydrogen (secondary N) is 1. The van der Waals surface area contributed by atoms with Gasteiger partial charge in [0.2, 0.25) is 0 Å². The van der Waals surface area contributed by atoms with Crippen LogP contribution in [-0.4, -0.2) is 27.9 Å². The number of rotatable bonds is 5. The molecule has 3 aromatic heterocycles. The Hall–Kier alpha value is -2.99. The van der Waals surface area contributed by atoms with Crippen LogP contribution >= 0.6 is 22.7 Å². The van der Waals surface area contributed by atoms with E-state index in [2.05, 4.69) is 10.4 Å². The molecular formula is C20H12F8N4OS2. The largest absolute Gasteiger partial charge is 0.459 e. The van der Waals surface area contributed by atoms with Crippen molar-refractivity contribution in [3.63, 3.8) is 0 Å². The van der Waals surface area contributed by atoms with Crippen molar-refractivity contribution >= 4 is 28.6 Å². The van der Waals surface area contributed by atoms with Gasteiger partial charge in [-0.25, -0.2) is 0 Å². The Morgan fingerprint density at radius 3 is 2.34 bits per heavy atom. The van der Waals surface area contributed by atoms with E-state index in [4.69, 9.17) is 0 Å². The van der Waals surface area contributed by atoms with E-state index in [1.807, 2.05) is 6.07 Å². The molecule has 0 unspecified atom stereocenters. The SMILES string of the molecule is Cn1nc(C(F)(F)C(F)(F)F)c(C(F)(F)F)c1-c1cc(-c2cc(C(=O)NC3CC3)c(C#N)s2)cs1. The Labute approximate surface area is 199 Å². The van der Waals surface area contributed by atoms with Crippen LogP contribution in [0, 0.1) is 11.3 Å². The summed E-state index contributed by atoms with van der Waals surface area (Å²) in [4.78, 5) is 12.5. The summed E-state index contributed by atoms with van der Waals surface area (Å²) >= 11 is 1.56. The van der Waals surface area contributed by atoms with E-state index < -0.39 is 41.1 Å². The maximum atomic E-state index is 13.9. The van der Waals surface area contributed by atoms with E-state index in [-0.39, 0.29) is 26.9 Å². The summed E-state index contributed by atoms with van der Waals surface area (Å²) in [6, 6.07) is 4.43. The number of nitriles is 1. The molecule has 0 bridgehead atoms. The van der Waals surface area contributed by atoms with Crippen LogP contribution in [0.4, 0.5) is 35.1 Å². The molecule has 15 heteroatoms. The van der Waals surface area contributed by atoms with Crippen LogP contribution in [-0.2, 0) is 19.1 Å². The van der Waals surface area contributed by atoms with E-state index >= 15 is 0 Å². The molecule has 0 saturated heterocycles. The molecule has 0 aliphatic heterocycles. The van der Waals surface area contributed by atoms with Gasteiger partial charge in [0.1, 0.15) is 16.5 Å². The van der Waals surface area contributed by atoms with Gasteiger partial charge in [0.05, 0.1) is 16.1 Å². The normalized spacial score (nSPS) is 14.7. The molecule has 1 N–H and O–H groups in total. The number of carbonyl (C=O) groups excluding carboxylic acids is 1. The maximum Gasteiger partial charge on any atom is 0.459 e. The molecule has 1 saturated carbocycles. The number of aromatic nitrogens is 2. The quantitative estimate of drug-likeness (QED) is 0.386. The van der Waals surface area contributed by atoms with Crippen molar-refractivity contribution in [2.45, 2.75) is 37.2 Å². The first-order valence-corrected chi connectivity index (χ1v) is 11.4. The Kier molecular flexibility index (Phi) is 5.95. The monoisotopic (exact) mass is 540 g/mol. The first kappa shape index (κ1) is 25.1. The number of hydrogen-bond donors (Lipinski definition) is 1. The number of hydrogen-bond acceptors (Lipinski definition) is 5. The summed E-state index contributed by atoms with van der Waals surface area (Å²) in [5, 5.41) is 16.3. The Morgan fingerprint density at radius 2 is 1.80 bits per heavy atom. The fraction of sp³-hybridized carbons (Fsp3) is 0.350. The lowest BCUT2D eigenvalue weighted by Crippen LogP contribution is -2.36. The van der Waals surface area contributed by atoms with Gasteiger partial charge in [0, 0.05) is 28.9 Å². The van der Waals surface area contributed by atoms with Gasteiger partial charge in [-0.15, -0.1) is 22.7 Å². The molecule has 35 heavy (non-hydrogen) atoms. The standard InChI is InChI=1S/C20H12F8N4OS2/c1-32-15(14(19(23,24)25)16(31-32)18(21,22)20(26,27)28)12-4-8(7-34-12)11-5-10(13(6-29)35-11)17(33)30-9-2-3-9/h4-5,7,9H,2-3H2,1H3,(H,30,33). The van der Waals surface area contributed by atoms with E-state index in [1.54, 1.807) is 0 Å². The van der Waals surface area contributed by atoms with E-state index in [9.17, 15) is 45.2 Å². The third-order valence-corrected chi connectivity index (χ3v) is 7.12. The van der Waals surface area contributed by atoms with Gasteiger partial charge in [0.15, 0.2) is 5.69 Å². The highest BCUT2D eigenvalue weighted by atomic mass is 32.1. The summed E-state index contributed by atoms with van der Waals surface area (Å²) < 4.78 is 108. The van der Waals surface area contributed by atoms with E-state index in [0.717, 1.165) is 37.3 Å². The third-order valence-electron chi connectivity index (χ3n) is 5.09. The molecule has 0 atom stereocenters. The number of thiophene rings is 2. The van der Waals surface area contributed by atoms with E-state index in [1.165, 1.54) is 11.4 Å². The highest BCUT2D eigenvalue weighted by Gasteiger charge is 2.64. The molecule has 3 aromatic rings. The molecule has 3 heterocycles. The fourth-order valence-electron chi connectivity index (χ4n) is 3.29. The Bertz CT molecular complexity index is 1340. The number of alkyl halides is 8. The van der Waals surface area contributed by atoms with Crippen LogP contribution < -0.4 is 5.32 Å². The zero-order valence-corrected chi connectivity index (χ0v) is 18.9. The number of aryl methyl sites for hydroxylation is 1. The summed E-state index contributed by atoms with van der Waals surface area (Å²) in [5.41, 5.74) is -5.25. The smallest absolute Gasteiger partial charge is 0.349 e. The minimum Gasteiger partial charge on any atom is -0.349 e. The van der Waals surface area contributed by atoms with Crippen molar-refractivity contribution in [2.24, 2.45) is 7.05 Å². The second-order valence-electron chi connectivity index (χ2n) is 7.68. The molecule has 1 fully saturated rings. The van der Waals surface area contributed by atoms with Gasteiger partial charge < -0.3 is 5.32 Å². The first-order valence-electron chi connectivity index (χ1n) is 9.68. The minimum absolute atomic E-state index is 0.0137. The summed E-state index contributed by atoms with van der Waals surface area (Å²) in [7, 11) is 0.833. The zero-order chi connectivity index (χ0) is 25.9. The lowest BCUT2D eigenvalue weighted by Gasteiger charge is -2.19. The van der Waals surface area contributed by atoms with Gasteiger partial charge >= 0.3 is 18.3 Å². The van der Waals surface area contributed by atoms with Crippen LogP contribution in [0.2, 0.25) is 0 Å². The Balaban J connectivity index is 1.79. The third kappa shape index (κ3) is 4.52. The van der Waals surface area contributed by atoms with Crippen molar-refractivity contribution in [3.05, 3.63) is 39.2 Å². The van der Waals surface area contributed by atoms with Crippen LogP contribution in [0.5, 0.6) is 0 Å². The van der Waals surface area contributed by atoms with Crippen molar-refractivity contribution in [2.75, 3.05) is 0 Å². The molecule has 4 rings (SSSR count). The topological polar surface area (TPSA) is 70.7 Å². The number of halogens is 8. The van der Waals surface area contributed by atoms with E-state index in [0.29, 0.717) is 20.9 Å². The number of carbonyl (C=O) groups is 1. The molecule has 1 aliphatic rings. The van der Waals surface area contributed by atoms with Gasteiger partial charge in [0.25, 0.3) is 5.91 Å². The highest BCUT2D eigenvalue weighted by molar-refractivity contribution is 7.17. The van der Waals surface area contributed by atoms with Crippen LogP contribution in [0.25, 0.3) is 21.0 Å². The average Bonchev–Trinajstić information content (AvgIpc) is 3.15. The highest BCUT2D eigenvalue weighted by Crippen LogP contribution is 2.51. The summed E-state index contributed by atoms with van der Waals surface area (Å²) in [6.07, 6.45) is -10.2. The van der Waals surface area contributed by atoms with Crippen LogP contribution in [0.15, 0.2) is 17.5 Å². The zero-order valence-electron chi connectivity index (χ0n) is 17.3. The number of nitrogens with zero attached hydrogens (tertiary/aromatic N) is 3. The molecular weight excluding hydrogens is 528 g/mol. The number of amides is 1. The molecule has 0 spiro atoms. The molecule has 0 radical (unpaired) electrons. The van der Waals surface area contributed by atoms with Gasteiger partial charge in [-0.1, -0.05) is 0 Å². The van der Waals surface area contributed by atoms with Gasteiger partial charge in [-0.3, -0.25) is 9.48 Å². The van der Waals surface area contributed by atoms with Crippen molar-refractivity contribution in [3.8, 4) is 27.1 Å². The maximum absolute atomic E-state index is 13.9. The lowest BCUT2D eigenvalue weighted by atomic mass is 10.1. The Morgan fingerprint density at radius 1 is 1.14 bits per heavy atom. The summed E-state index contributed by atoms with van der Waals surface area (Å²) in [6.45, 7) is 0. The van der Waals surface area contributed by atoms with Gasteiger partial charge in [-0.2, -0.15) is 45.5 Å². The van der Waals surface area contributed by atoms with Crippen molar-refractivity contribution in [1.29, 1.82) is 5.26 Å². The van der Waals surface area contributed by atoms with Crippen LogP contribution in [0.3, 0.4) is 0 Å². The summed E-state index contributed by atoms with van der Waals surface area (Å²) in [5.74, 6) is -6.32. The predicted octanol–water partition coefficient (Wildman–Crippen LogP) is 6.31. The van der Waals surface area contributed by atoms with Crippen LogP contribution in [0.1, 0.15) is 39.3 Å². The first-order chi connectivity index (χ1) is 16.1. The molecule has 0 aromatic carbocycles. The van der Waals surface area contributed by atoms with Gasteiger partial charge in [-0.05, 0) is 25.0 Å². The molecule has 1 amide bonds. The molecule has 5 nitrogen and oxygen atoms in total. The van der Waals surface area contributed by atoms with Crippen molar-refractivity contribution < 1.29 is 39.9 Å². The second kappa shape index (κ2) is 8.30. The van der Waals surface area contributed by atoms with Crippen molar-refractivity contribution in [1.82, 2.24) is 15.1 Å².